The lowest BCUT2D eigenvalue weighted by Crippen LogP contribution is -2.55. The molecule has 1 N–H and O–H groups in total. The molecule has 1 unspecified atom stereocenters. The molecule has 0 aliphatic carbocycles. The topological polar surface area (TPSA) is 75.7 Å². The molecule has 2 amide bonds. The van der Waals surface area contributed by atoms with Crippen LogP contribution in [-0.4, -0.2) is 48.9 Å². The quantitative estimate of drug-likeness (QED) is 0.638. The summed E-state index contributed by atoms with van der Waals surface area (Å²) in [7, 11) is 1.28. The Morgan fingerprint density at radius 1 is 1.09 bits per heavy atom. The van der Waals surface area contributed by atoms with Gasteiger partial charge in [-0.3, -0.25) is 9.59 Å². The summed E-state index contributed by atoms with van der Waals surface area (Å²) in [5, 5.41) is 2.87. The number of ether oxygens (including phenoxy) is 1. The van der Waals surface area contributed by atoms with E-state index in [1.165, 1.54) is 25.3 Å². The number of amides is 2. The molecule has 0 radical (unpaired) electrons. The molecule has 1 heterocycles. The molecular weight excluding hydrogens is 435 g/mol. The third-order valence-corrected chi connectivity index (χ3v) is 6.58. The molecule has 2 aromatic rings. The van der Waals surface area contributed by atoms with Crippen molar-refractivity contribution in [1.82, 2.24) is 10.2 Å². The van der Waals surface area contributed by atoms with E-state index in [2.05, 4.69) is 19.2 Å². The third kappa shape index (κ3) is 5.64. The van der Waals surface area contributed by atoms with E-state index in [0.717, 1.165) is 12.0 Å². The van der Waals surface area contributed by atoms with E-state index in [0.29, 0.717) is 13.1 Å². The summed E-state index contributed by atoms with van der Waals surface area (Å²) in [4.78, 5) is 40.1. The lowest BCUT2D eigenvalue weighted by atomic mass is 9.70. The van der Waals surface area contributed by atoms with Crippen molar-refractivity contribution in [3.63, 3.8) is 0 Å². The highest BCUT2D eigenvalue weighted by molar-refractivity contribution is 6.00. The number of esters is 1. The van der Waals surface area contributed by atoms with Crippen LogP contribution in [0.15, 0.2) is 48.5 Å². The number of likely N-dealkylation sites (tertiary alicyclic amines) is 1. The van der Waals surface area contributed by atoms with Gasteiger partial charge in [-0.15, -0.1) is 0 Å². The van der Waals surface area contributed by atoms with Crippen LogP contribution in [0.5, 0.6) is 0 Å². The molecule has 1 aliphatic rings. The monoisotopic (exact) mass is 468 g/mol. The van der Waals surface area contributed by atoms with E-state index in [-0.39, 0.29) is 40.1 Å². The molecule has 6 nitrogen and oxygen atoms in total. The van der Waals surface area contributed by atoms with Crippen LogP contribution in [0.4, 0.5) is 4.39 Å². The van der Waals surface area contributed by atoms with Gasteiger partial charge in [0, 0.05) is 18.7 Å². The van der Waals surface area contributed by atoms with Crippen LogP contribution >= 0.6 is 0 Å². The lowest BCUT2D eigenvalue weighted by molar-refractivity contribution is -0.137. The SMILES string of the molecule is COC(=O)c1cccc(C(=O)N[C@@H](C(=O)N2CCC(c3ccc(F)cc3)C(C)(C)C2)C(C)C)c1. The number of nitrogens with one attached hydrogen (secondary N) is 1. The summed E-state index contributed by atoms with van der Waals surface area (Å²) in [6.45, 7) is 9.10. The first-order valence-corrected chi connectivity index (χ1v) is 11.6. The van der Waals surface area contributed by atoms with Gasteiger partial charge >= 0.3 is 5.97 Å². The fourth-order valence-electron chi connectivity index (χ4n) is 4.70. The van der Waals surface area contributed by atoms with Crippen molar-refractivity contribution in [3.8, 4) is 0 Å². The molecule has 182 valence electrons. The third-order valence-electron chi connectivity index (χ3n) is 6.58. The minimum Gasteiger partial charge on any atom is -0.465 e. The Balaban J connectivity index is 1.73. The van der Waals surface area contributed by atoms with Gasteiger partial charge in [0.15, 0.2) is 0 Å². The Labute approximate surface area is 200 Å². The number of halogens is 1. The molecule has 0 spiro atoms. The van der Waals surface area contributed by atoms with Gasteiger partial charge in [0.25, 0.3) is 5.91 Å². The number of carbonyl (C=O) groups excluding carboxylic acids is 3. The highest BCUT2D eigenvalue weighted by Gasteiger charge is 2.40. The molecule has 1 fully saturated rings. The summed E-state index contributed by atoms with van der Waals surface area (Å²) in [5.74, 6) is -1.26. The van der Waals surface area contributed by atoms with Crippen LogP contribution in [0.25, 0.3) is 0 Å². The average molecular weight is 469 g/mol. The predicted molar refractivity (Wildman–Crippen MR) is 128 cm³/mol. The second kappa shape index (κ2) is 10.4. The van der Waals surface area contributed by atoms with Crippen molar-refractivity contribution < 1.29 is 23.5 Å². The number of nitrogens with zero attached hydrogens (tertiary/aromatic N) is 1. The molecule has 0 bridgehead atoms. The molecule has 7 heteroatoms. The highest BCUT2D eigenvalue weighted by atomic mass is 19.1. The van der Waals surface area contributed by atoms with Crippen LogP contribution in [-0.2, 0) is 9.53 Å². The molecule has 34 heavy (non-hydrogen) atoms. The molecule has 2 atom stereocenters. The first kappa shape index (κ1) is 25.4. The number of piperidine rings is 1. The van der Waals surface area contributed by atoms with E-state index in [1.54, 1.807) is 18.2 Å². The summed E-state index contributed by atoms with van der Waals surface area (Å²) in [6.07, 6.45) is 0.754. The van der Waals surface area contributed by atoms with Crippen molar-refractivity contribution in [3.05, 3.63) is 71.0 Å². The Kier molecular flexibility index (Phi) is 7.75. The molecule has 1 saturated heterocycles. The molecule has 0 saturated carbocycles. The van der Waals surface area contributed by atoms with Crippen LogP contribution in [0.3, 0.4) is 0 Å². The number of methoxy groups -OCH3 is 1. The minimum absolute atomic E-state index is 0.127. The number of hydrogen-bond donors (Lipinski definition) is 1. The Morgan fingerprint density at radius 2 is 1.74 bits per heavy atom. The zero-order valence-electron chi connectivity index (χ0n) is 20.4. The fourth-order valence-corrected chi connectivity index (χ4v) is 4.70. The first-order valence-electron chi connectivity index (χ1n) is 11.6. The Morgan fingerprint density at radius 3 is 2.32 bits per heavy atom. The molecule has 1 aliphatic heterocycles. The standard InChI is InChI=1S/C27H33FN2O4/c1-17(2)23(29-24(31)19-7-6-8-20(15-19)26(33)34-5)25(32)30-14-13-22(27(3,4)16-30)18-9-11-21(28)12-10-18/h6-12,15,17,22-23H,13-14,16H2,1-5H3,(H,29,31)/t22?,23-/m1/s1. The van der Waals surface area contributed by atoms with Crippen LogP contribution in [0.2, 0.25) is 0 Å². The summed E-state index contributed by atoms with van der Waals surface area (Å²) in [5.41, 5.74) is 1.41. The van der Waals surface area contributed by atoms with Crippen LogP contribution < -0.4 is 5.32 Å². The number of hydrogen-bond acceptors (Lipinski definition) is 4. The highest BCUT2D eigenvalue weighted by Crippen LogP contribution is 2.42. The van der Waals surface area contributed by atoms with Gasteiger partial charge < -0.3 is 15.0 Å². The summed E-state index contributed by atoms with van der Waals surface area (Å²) >= 11 is 0. The maximum absolute atomic E-state index is 13.5. The zero-order valence-corrected chi connectivity index (χ0v) is 20.4. The normalized spacial score (nSPS) is 18.3. The Hall–Kier alpha value is -3.22. The van der Waals surface area contributed by atoms with E-state index in [4.69, 9.17) is 4.74 Å². The number of rotatable bonds is 6. The zero-order chi connectivity index (χ0) is 25.0. The number of carbonyl (C=O) groups is 3. The van der Waals surface area contributed by atoms with Gasteiger partial charge in [0.05, 0.1) is 12.7 Å². The summed E-state index contributed by atoms with van der Waals surface area (Å²) < 4.78 is 18.1. The van der Waals surface area contributed by atoms with E-state index in [1.807, 2.05) is 30.9 Å². The van der Waals surface area contributed by atoms with Gasteiger partial charge in [-0.05, 0) is 59.6 Å². The molecule has 2 aromatic carbocycles. The fraction of sp³-hybridized carbons (Fsp3) is 0.444. The molecular formula is C27H33FN2O4. The second-order valence-electron chi connectivity index (χ2n) is 9.91. The first-order chi connectivity index (χ1) is 16.0. The number of benzene rings is 2. The predicted octanol–water partition coefficient (Wildman–Crippen LogP) is 4.41. The molecule has 3 rings (SSSR count). The van der Waals surface area contributed by atoms with Crippen molar-refractivity contribution in [2.24, 2.45) is 11.3 Å². The lowest BCUT2D eigenvalue weighted by Gasteiger charge is -2.45. The van der Waals surface area contributed by atoms with Gasteiger partial charge in [0.2, 0.25) is 5.91 Å². The van der Waals surface area contributed by atoms with Gasteiger partial charge in [0.1, 0.15) is 11.9 Å². The smallest absolute Gasteiger partial charge is 0.337 e. The summed E-state index contributed by atoms with van der Waals surface area (Å²) in [6, 6.07) is 12.1. The van der Waals surface area contributed by atoms with E-state index < -0.39 is 17.9 Å². The largest absolute Gasteiger partial charge is 0.465 e. The maximum Gasteiger partial charge on any atom is 0.337 e. The van der Waals surface area contributed by atoms with Crippen molar-refractivity contribution >= 4 is 17.8 Å². The minimum atomic E-state index is -0.701. The average Bonchev–Trinajstić information content (AvgIpc) is 2.81. The van der Waals surface area contributed by atoms with Crippen molar-refractivity contribution in [1.29, 1.82) is 0 Å². The van der Waals surface area contributed by atoms with Crippen molar-refractivity contribution in [2.45, 2.75) is 46.1 Å². The van der Waals surface area contributed by atoms with Crippen LogP contribution in [0.1, 0.15) is 66.3 Å². The van der Waals surface area contributed by atoms with Crippen molar-refractivity contribution in [2.75, 3.05) is 20.2 Å². The van der Waals surface area contributed by atoms with E-state index in [9.17, 15) is 18.8 Å². The van der Waals surface area contributed by atoms with Gasteiger partial charge in [-0.25, -0.2) is 9.18 Å². The molecule has 0 aromatic heterocycles. The van der Waals surface area contributed by atoms with E-state index >= 15 is 0 Å². The van der Waals surface area contributed by atoms with Gasteiger partial charge in [-0.1, -0.05) is 45.9 Å². The second-order valence-corrected chi connectivity index (χ2v) is 9.91. The van der Waals surface area contributed by atoms with Crippen LogP contribution in [0, 0.1) is 17.2 Å². The maximum atomic E-state index is 13.5. The van der Waals surface area contributed by atoms with Gasteiger partial charge in [-0.2, -0.15) is 0 Å². The Bertz CT molecular complexity index is 1050.